The molecule has 0 amide bonds. The second-order valence-corrected chi connectivity index (χ2v) is 5.47. The average molecular weight is 293 g/mol. The van der Waals surface area contributed by atoms with Crippen LogP contribution in [0.2, 0.25) is 10.0 Å². The quantitative estimate of drug-likeness (QED) is 0.700. The predicted molar refractivity (Wildman–Crippen MR) is 80.5 cm³/mol. The first-order chi connectivity index (χ1) is 8.91. The minimum Gasteiger partial charge on any atom is -0.289 e. The van der Waals surface area contributed by atoms with Gasteiger partial charge in [-0.05, 0) is 55.7 Å². The third-order valence-corrected chi connectivity index (χ3v) is 4.06. The summed E-state index contributed by atoms with van der Waals surface area (Å²) < 4.78 is 0. The summed E-state index contributed by atoms with van der Waals surface area (Å²) >= 11 is 12.2. The molecule has 0 atom stereocenters. The lowest BCUT2D eigenvalue weighted by molar-refractivity contribution is 0.103. The molecule has 0 saturated heterocycles. The Hall–Kier alpha value is -1.31. The molecule has 1 nitrogen and oxygen atoms in total. The molecule has 0 spiro atoms. The van der Waals surface area contributed by atoms with E-state index < -0.39 is 0 Å². The number of halogens is 2. The van der Waals surface area contributed by atoms with Gasteiger partial charge < -0.3 is 0 Å². The number of rotatable bonds is 2. The zero-order valence-electron chi connectivity index (χ0n) is 11.1. The van der Waals surface area contributed by atoms with Crippen molar-refractivity contribution in [3.63, 3.8) is 0 Å². The van der Waals surface area contributed by atoms with Crippen LogP contribution in [0, 0.1) is 20.8 Å². The van der Waals surface area contributed by atoms with Crippen molar-refractivity contribution >= 4 is 29.0 Å². The smallest absolute Gasteiger partial charge is 0.194 e. The minimum absolute atomic E-state index is 0.0897. The monoisotopic (exact) mass is 292 g/mol. The van der Waals surface area contributed by atoms with Gasteiger partial charge >= 0.3 is 0 Å². The maximum Gasteiger partial charge on any atom is 0.194 e. The van der Waals surface area contributed by atoms with Crippen LogP contribution in [0.4, 0.5) is 0 Å². The van der Waals surface area contributed by atoms with E-state index in [-0.39, 0.29) is 5.78 Å². The van der Waals surface area contributed by atoms with Crippen LogP contribution in [-0.4, -0.2) is 5.78 Å². The number of carbonyl (C=O) groups excluding carboxylic acids is 1. The third-order valence-electron chi connectivity index (χ3n) is 3.34. The molecule has 0 N–H and O–H groups in total. The highest BCUT2D eigenvalue weighted by Gasteiger charge is 2.17. The molecule has 19 heavy (non-hydrogen) atoms. The average Bonchev–Trinajstić information content (AvgIpc) is 2.36. The van der Waals surface area contributed by atoms with Crippen molar-refractivity contribution in [2.24, 2.45) is 0 Å². The van der Waals surface area contributed by atoms with Gasteiger partial charge in [0, 0.05) is 16.1 Å². The van der Waals surface area contributed by atoms with Crippen molar-refractivity contribution in [3.8, 4) is 0 Å². The van der Waals surface area contributed by atoms with E-state index >= 15 is 0 Å². The Balaban J connectivity index is 2.56. The van der Waals surface area contributed by atoms with E-state index in [9.17, 15) is 4.79 Å². The molecule has 0 aliphatic rings. The minimum atomic E-state index is -0.0897. The van der Waals surface area contributed by atoms with Crippen molar-refractivity contribution in [2.45, 2.75) is 20.8 Å². The van der Waals surface area contributed by atoms with Gasteiger partial charge in [0.05, 0.1) is 5.02 Å². The summed E-state index contributed by atoms with van der Waals surface area (Å²) in [6.07, 6.45) is 0. The SMILES string of the molecule is Cc1cc(Cl)c(C(=O)c2cccc(Cl)c2C)cc1C. The van der Waals surface area contributed by atoms with Gasteiger partial charge in [-0.15, -0.1) is 0 Å². The zero-order valence-corrected chi connectivity index (χ0v) is 12.6. The van der Waals surface area contributed by atoms with Crippen molar-refractivity contribution in [2.75, 3.05) is 0 Å². The van der Waals surface area contributed by atoms with Crippen molar-refractivity contribution in [3.05, 3.63) is 68.2 Å². The maximum absolute atomic E-state index is 12.6. The largest absolute Gasteiger partial charge is 0.289 e. The summed E-state index contributed by atoms with van der Waals surface area (Å²) in [5.74, 6) is -0.0897. The third kappa shape index (κ3) is 2.68. The summed E-state index contributed by atoms with van der Waals surface area (Å²) in [7, 11) is 0. The van der Waals surface area contributed by atoms with Crippen LogP contribution < -0.4 is 0 Å². The lowest BCUT2D eigenvalue weighted by Crippen LogP contribution is -2.05. The van der Waals surface area contributed by atoms with Gasteiger partial charge in [0.25, 0.3) is 0 Å². The zero-order chi connectivity index (χ0) is 14.2. The highest BCUT2D eigenvalue weighted by atomic mass is 35.5. The lowest BCUT2D eigenvalue weighted by atomic mass is 9.96. The molecule has 0 saturated carbocycles. The topological polar surface area (TPSA) is 17.1 Å². The second kappa shape index (κ2) is 5.36. The molecule has 3 heteroatoms. The molecule has 0 fully saturated rings. The molecule has 0 unspecified atom stereocenters. The van der Waals surface area contributed by atoms with Crippen LogP contribution >= 0.6 is 23.2 Å². The van der Waals surface area contributed by atoms with Crippen molar-refractivity contribution in [1.29, 1.82) is 0 Å². The van der Waals surface area contributed by atoms with Gasteiger partial charge in [-0.2, -0.15) is 0 Å². The Kier molecular flexibility index (Phi) is 3.98. The summed E-state index contributed by atoms with van der Waals surface area (Å²) in [5.41, 5.74) is 4.02. The van der Waals surface area contributed by atoms with Crippen LogP contribution in [0.5, 0.6) is 0 Å². The number of aryl methyl sites for hydroxylation is 2. The fourth-order valence-electron chi connectivity index (χ4n) is 1.95. The molecule has 0 aliphatic heterocycles. The molecule has 0 aromatic heterocycles. The highest BCUT2D eigenvalue weighted by molar-refractivity contribution is 6.35. The standard InChI is InChI=1S/C16H14Cl2O/c1-9-7-13(15(18)8-10(9)2)16(19)12-5-4-6-14(17)11(12)3/h4-8H,1-3H3. The van der Waals surface area contributed by atoms with E-state index in [2.05, 4.69) is 0 Å². The van der Waals surface area contributed by atoms with Crippen LogP contribution in [0.1, 0.15) is 32.6 Å². The van der Waals surface area contributed by atoms with Crippen LogP contribution in [-0.2, 0) is 0 Å². The van der Waals surface area contributed by atoms with Crippen LogP contribution in [0.15, 0.2) is 30.3 Å². The van der Waals surface area contributed by atoms with Gasteiger partial charge in [-0.25, -0.2) is 0 Å². The molecule has 2 aromatic rings. The maximum atomic E-state index is 12.6. The fraction of sp³-hybridized carbons (Fsp3) is 0.188. The van der Waals surface area contributed by atoms with Crippen LogP contribution in [0.3, 0.4) is 0 Å². The van der Waals surface area contributed by atoms with Gasteiger partial charge in [0.1, 0.15) is 0 Å². The Morgan fingerprint density at radius 2 is 1.53 bits per heavy atom. The Morgan fingerprint density at radius 3 is 2.21 bits per heavy atom. The van der Waals surface area contributed by atoms with E-state index in [0.29, 0.717) is 21.2 Å². The van der Waals surface area contributed by atoms with E-state index in [1.165, 1.54) is 0 Å². The summed E-state index contributed by atoms with van der Waals surface area (Å²) in [5, 5.41) is 1.07. The van der Waals surface area contributed by atoms with E-state index in [0.717, 1.165) is 16.7 Å². The van der Waals surface area contributed by atoms with E-state index in [4.69, 9.17) is 23.2 Å². The molecule has 0 heterocycles. The number of ketones is 1. The fourth-order valence-corrected chi connectivity index (χ4v) is 2.43. The first-order valence-electron chi connectivity index (χ1n) is 5.98. The molecule has 0 radical (unpaired) electrons. The van der Waals surface area contributed by atoms with Crippen molar-refractivity contribution < 1.29 is 4.79 Å². The van der Waals surface area contributed by atoms with Crippen molar-refractivity contribution in [1.82, 2.24) is 0 Å². The van der Waals surface area contributed by atoms with Gasteiger partial charge in [0.2, 0.25) is 0 Å². The Morgan fingerprint density at radius 1 is 0.895 bits per heavy atom. The predicted octanol–water partition coefficient (Wildman–Crippen LogP) is 5.15. The molecule has 2 rings (SSSR count). The molecule has 0 bridgehead atoms. The van der Waals surface area contributed by atoms with Gasteiger partial charge in [-0.3, -0.25) is 4.79 Å². The number of benzene rings is 2. The molecular weight excluding hydrogens is 279 g/mol. The number of carbonyl (C=O) groups is 1. The molecule has 2 aromatic carbocycles. The van der Waals surface area contributed by atoms with Gasteiger partial charge in [0.15, 0.2) is 5.78 Å². The summed E-state index contributed by atoms with van der Waals surface area (Å²) in [4.78, 5) is 12.6. The summed E-state index contributed by atoms with van der Waals surface area (Å²) in [6.45, 7) is 5.78. The van der Waals surface area contributed by atoms with Gasteiger partial charge in [-0.1, -0.05) is 35.3 Å². The molecular formula is C16H14Cl2O. The molecule has 98 valence electrons. The summed E-state index contributed by atoms with van der Waals surface area (Å²) in [6, 6.07) is 8.98. The second-order valence-electron chi connectivity index (χ2n) is 4.66. The Labute approximate surface area is 123 Å². The van der Waals surface area contributed by atoms with E-state index in [1.54, 1.807) is 18.2 Å². The van der Waals surface area contributed by atoms with Crippen LogP contribution in [0.25, 0.3) is 0 Å². The number of hydrogen-bond acceptors (Lipinski definition) is 1. The van der Waals surface area contributed by atoms with E-state index in [1.807, 2.05) is 32.9 Å². The Bertz CT molecular complexity index is 660. The first kappa shape index (κ1) is 14.1. The normalized spacial score (nSPS) is 10.6. The highest BCUT2D eigenvalue weighted by Crippen LogP contribution is 2.26. The number of hydrogen-bond donors (Lipinski definition) is 0. The lowest BCUT2D eigenvalue weighted by Gasteiger charge is -2.10. The first-order valence-corrected chi connectivity index (χ1v) is 6.74. The molecule has 0 aliphatic carbocycles.